The Hall–Kier alpha value is -2.78. The molecule has 0 aliphatic carbocycles. The summed E-state index contributed by atoms with van der Waals surface area (Å²) in [6, 6.07) is 13.1. The smallest absolute Gasteiger partial charge is 0.319 e. The summed E-state index contributed by atoms with van der Waals surface area (Å²) >= 11 is 3.37. The van der Waals surface area contributed by atoms with Crippen LogP contribution in [-0.2, 0) is 16.1 Å². The van der Waals surface area contributed by atoms with Gasteiger partial charge in [-0.3, -0.25) is 9.69 Å². The van der Waals surface area contributed by atoms with E-state index in [1.165, 1.54) is 7.11 Å². The number of hydrogen-bond donors (Lipinski definition) is 2. The summed E-state index contributed by atoms with van der Waals surface area (Å²) in [5, 5.41) is 5.70. The molecule has 0 fully saturated rings. The molecule has 0 saturated carbocycles. The van der Waals surface area contributed by atoms with Gasteiger partial charge in [0.1, 0.15) is 0 Å². The van der Waals surface area contributed by atoms with Crippen molar-refractivity contribution in [2.24, 2.45) is 0 Å². The number of urea groups is 1. The van der Waals surface area contributed by atoms with Gasteiger partial charge in [0, 0.05) is 36.2 Å². The van der Waals surface area contributed by atoms with Crippen LogP contribution in [0.15, 0.2) is 46.9 Å². The molecule has 0 saturated heterocycles. The monoisotopic (exact) mass is 505 g/mol. The quantitative estimate of drug-likeness (QED) is 0.352. The Morgan fingerprint density at radius 1 is 1.06 bits per heavy atom. The third-order valence-corrected chi connectivity index (χ3v) is 5.49. The molecule has 2 aromatic carbocycles. The molecule has 32 heavy (non-hydrogen) atoms. The number of amides is 2. The maximum Gasteiger partial charge on any atom is 0.319 e. The maximum absolute atomic E-state index is 12.1. The number of nitrogens with one attached hydrogen (secondary N) is 2. The second kappa shape index (κ2) is 12.3. The van der Waals surface area contributed by atoms with E-state index in [1.54, 1.807) is 0 Å². The predicted octanol–water partition coefficient (Wildman–Crippen LogP) is 4.14. The summed E-state index contributed by atoms with van der Waals surface area (Å²) in [7, 11) is 1.40. The fourth-order valence-electron chi connectivity index (χ4n) is 3.33. The molecule has 172 valence electrons. The molecular formula is C23H28BrN3O5. The second-order valence-electron chi connectivity index (χ2n) is 7.38. The Morgan fingerprint density at radius 3 is 2.59 bits per heavy atom. The van der Waals surface area contributed by atoms with Gasteiger partial charge in [-0.1, -0.05) is 22.0 Å². The maximum atomic E-state index is 12.1. The summed E-state index contributed by atoms with van der Waals surface area (Å²) in [5.41, 5.74) is 1.84. The molecule has 0 unspecified atom stereocenters. The van der Waals surface area contributed by atoms with Crippen LogP contribution in [0.1, 0.15) is 24.8 Å². The molecule has 0 spiro atoms. The lowest BCUT2D eigenvalue weighted by molar-refractivity contribution is -0.140. The summed E-state index contributed by atoms with van der Waals surface area (Å²) in [5.74, 6) is 1.30. The predicted molar refractivity (Wildman–Crippen MR) is 125 cm³/mol. The molecule has 0 atom stereocenters. The van der Waals surface area contributed by atoms with E-state index in [2.05, 4.69) is 31.5 Å². The molecule has 0 bridgehead atoms. The highest BCUT2D eigenvalue weighted by Gasteiger charge is 2.15. The average Bonchev–Trinajstić information content (AvgIpc) is 3.26. The summed E-state index contributed by atoms with van der Waals surface area (Å²) < 4.78 is 16.5. The van der Waals surface area contributed by atoms with E-state index in [-0.39, 0.29) is 18.8 Å². The van der Waals surface area contributed by atoms with Crippen LogP contribution in [0.25, 0.3) is 0 Å². The van der Waals surface area contributed by atoms with Crippen molar-refractivity contribution < 1.29 is 23.8 Å². The zero-order valence-corrected chi connectivity index (χ0v) is 19.7. The first kappa shape index (κ1) is 23.9. The van der Waals surface area contributed by atoms with Crippen molar-refractivity contribution in [3.63, 3.8) is 0 Å². The van der Waals surface area contributed by atoms with E-state index in [9.17, 15) is 9.59 Å². The number of ether oxygens (including phenoxy) is 3. The highest BCUT2D eigenvalue weighted by atomic mass is 79.9. The van der Waals surface area contributed by atoms with Crippen LogP contribution in [0.2, 0.25) is 0 Å². The van der Waals surface area contributed by atoms with Gasteiger partial charge >= 0.3 is 12.0 Å². The number of halogens is 1. The van der Waals surface area contributed by atoms with Crippen LogP contribution < -0.4 is 20.1 Å². The van der Waals surface area contributed by atoms with E-state index in [0.717, 1.165) is 46.7 Å². The standard InChI is InChI=1S/C23H28BrN3O5/c1-30-22(28)4-2-12-27(15-17-5-10-20-21(14-17)32-16-31-20)13-3-11-25-23(29)26-19-8-6-18(24)7-9-19/h5-10,14H,2-4,11-13,15-16H2,1H3,(H2,25,26,29). The Balaban J connectivity index is 1.46. The molecule has 8 nitrogen and oxygen atoms in total. The molecular weight excluding hydrogens is 478 g/mol. The number of carbonyl (C=O) groups is 2. The normalized spacial score (nSPS) is 12.0. The summed E-state index contributed by atoms with van der Waals surface area (Å²) in [6.07, 6.45) is 1.85. The van der Waals surface area contributed by atoms with Gasteiger partial charge in [0.15, 0.2) is 11.5 Å². The van der Waals surface area contributed by atoms with E-state index in [0.29, 0.717) is 25.9 Å². The number of anilines is 1. The topological polar surface area (TPSA) is 89.1 Å². The first-order valence-corrected chi connectivity index (χ1v) is 11.3. The summed E-state index contributed by atoms with van der Waals surface area (Å²) in [6.45, 7) is 3.01. The zero-order chi connectivity index (χ0) is 22.8. The number of benzene rings is 2. The van der Waals surface area contributed by atoms with E-state index in [1.807, 2.05) is 42.5 Å². The molecule has 2 aromatic rings. The molecule has 0 radical (unpaired) electrons. The molecule has 0 aromatic heterocycles. The van der Waals surface area contributed by atoms with Gasteiger partial charge in [0.25, 0.3) is 0 Å². The minimum Gasteiger partial charge on any atom is -0.469 e. The number of methoxy groups -OCH3 is 1. The van der Waals surface area contributed by atoms with Gasteiger partial charge in [-0.2, -0.15) is 0 Å². The number of esters is 1. The lowest BCUT2D eigenvalue weighted by Gasteiger charge is -2.22. The molecule has 2 N–H and O–H groups in total. The number of carbonyl (C=O) groups excluding carboxylic acids is 2. The van der Waals surface area contributed by atoms with Gasteiger partial charge in [0.05, 0.1) is 7.11 Å². The van der Waals surface area contributed by atoms with Gasteiger partial charge in [0.2, 0.25) is 6.79 Å². The molecule has 1 heterocycles. The zero-order valence-electron chi connectivity index (χ0n) is 18.1. The lowest BCUT2D eigenvalue weighted by atomic mass is 10.1. The van der Waals surface area contributed by atoms with E-state index in [4.69, 9.17) is 14.2 Å². The number of fused-ring (bicyclic) bond motifs is 1. The molecule has 1 aliphatic rings. The van der Waals surface area contributed by atoms with Crippen molar-refractivity contribution in [1.82, 2.24) is 10.2 Å². The van der Waals surface area contributed by atoms with E-state index < -0.39 is 0 Å². The fourth-order valence-corrected chi connectivity index (χ4v) is 3.59. The highest BCUT2D eigenvalue weighted by molar-refractivity contribution is 9.10. The number of hydrogen-bond acceptors (Lipinski definition) is 6. The summed E-state index contributed by atoms with van der Waals surface area (Å²) in [4.78, 5) is 25.8. The van der Waals surface area contributed by atoms with E-state index >= 15 is 0 Å². The van der Waals surface area contributed by atoms with Crippen molar-refractivity contribution in [3.8, 4) is 11.5 Å². The lowest BCUT2D eigenvalue weighted by Crippen LogP contribution is -2.33. The number of rotatable bonds is 11. The fraction of sp³-hybridized carbons (Fsp3) is 0.391. The Kier molecular flexibility index (Phi) is 9.18. The first-order valence-electron chi connectivity index (χ1n) is 10.5. The van der Waals surface area contributed by atoms with Crippen molar-refractivity contribution >= 4 is 33.6 Å². The van der Waals surface area contributed by atoms with Crippen molar-refractivity contribution in [1.29, 1.82) is 0 Å². The largest absolute Gasteiger partial charge is 0.469 e. The van der Waals surface area contributed by atoms with Crippen LogP contribution in [0.3, 0.4) is 0 Å². The Morgan fingerprint density at radius 2 is 1.81 bits per heavy atom. The van der Waals surface area contributed by atoms with Gasteiger partial charge in [-0.15, -0.1) is 0 Å². The minimum absolute atomic E-state index is 0.209. The van der Waals surface area contributed by atoms with Crippen molar-refractivity contribution in [2.75, 3.05) is 38.9 Å². The third-order valence-electron chi connectivity index (χ3n) is 4.96. The van der Waals surface area contributed by atoms with Gasteiger partial charge < -0.3 is 24.8 Å². The van der Waals surface area contributed by atoms with Crippen LogP contribution in [-0.4, -0.2) is 50.4 Å². The molecule has 2 amide bonds. The van der Waals surface area contributed by atoms with Crippen molar-refractivity contribution in [2.45, 2.75) is 25.8 Å². The van der Waals surface area contributed by atoms with Crippen molar-refractivity contribution in [3.05, 3.63) is 52.5 Å². The molecule has 9 heteroatoms. The van der Waals surface area contributed by atoms with Crippen LogP contribution >= 0.6 is 15.9 Å². The second-order valence-corrected chi connectivity index (χ2v) is 8.30. The molecule has 1 aliphatic heterocycles. The first-order chi connectivity index (χ1) is 15.5. The van der Waals surface area contributed by atoms with Crippen LogP contribution in [0.4, 0.5) is 10.5 Å². The van der Waals surface area contributed by atoms with Crippen LogP contribution in [0, 0.1) is 0 Å². The average molecular weight is 506 g/mol. The van der Waals surface area contributed by atoms with Crippen LogP contribution in [0.5, 0.6) is 11.5 Å². The minimum atomic E-state index is -0.236. The third kappa shape index (κ3) is 7.72. The Labute approximate surface area is 196 Å². The molecule has 3 rings (SSSR count). The number of nitrogens with zero attached hydrogens (tertiary/aromatic N) is 1. The van der Waals surface area contributed by atoms with Gasteiger partial charge in [-0.05, 0) is 61.3 Å². The van der Waals surface area contributed by atoms with Gasteiger partial charge in [-0.25, -0.2) is 4.79 Å². The highest BCUT2D eigenvalue weighted by Crippen LogP contribution is 2.32. The SMILES string of the molecule is COC(=O)CCCN(CCCNC(=O)Nc1ccc(Br)cc1)Cc1ccc2c(c1)OCO2. The Bertz CT molecular complexity index is 907.